The minimum Gasteiger partial charge on any atom is -0.497 e. The van der Waals surface area contributed by atoms with Crippen LogP contribution in [0.5, 0.6) is 5.75 Å². The maximum Gasteiger partial charge on any atom is 0.335 e. The summed E-state index contributed by atoms with van der Waals surface area (Å²) in [4.78, 5) is 24.4. The third kappa shape index (κ3) is 3.40. The van der Waals surface area contributed by atoms with E-state index in [2.05, 4.69) is 5.32 Å². The summed E-state index contributed by atoms with van der Waals surface area (Å²) in [6.45, 7) is 0.808. The normalized spacial score (nSPS) is 18.5. The van der Waals surface area contributed by atoms with Crippen molar-refractivity contribution < 1.29 is 24.2 Å². The minimum absolute atomic E-state index is 0.191. The molecule has 1 unspecified atom stereocenters. The Bertz CT molecular complexity index is 1130. The van der Waals surface area contributed by atoms with Crippen LogP contribution in [0.3, 0.4) is 0 Å². The Morgan fingerprint density at radius 3 is 2.57 bits per heavy atom. The predicted octanol–water partition coefficient (Wildman–Crippen LogP) is 3.58. The van der Waals surface area contributed by atoms with E-state index >= 15 is 0 Å². The van der Waals surface area contributed by atoms with Gasteiger partial charge in [-0.3, -0.25) is 4.79 Å². The lowest BCUT2D eigenvalue weighted by molar-refractivity contribution is 0.0696. The standard InChI is InChI=1S/C22H21ClN2O5/c1-25-18-10-15(29-2)9-17(23)16(18)11-19(25)20(26)24-22(7-8-30-12-22)14-5-3-13(4-6-14)21(27)28/h3-6,9-11H,7-8,12H2,1-2H3,(H,24,26)(H,27,28). The van der Waals surface area contributed by atoms with E-state index in [1.165, 1.54) is 12.1 Å². The highest BCUT2D eigenvalue weighted by Crippen LogP contribution is 2.34. The number of halogens is 1. The lowest BCUT2D eigenvalue weighted by Crippen LogP contribution is -2.47. The summed E-state index contributed by atoms with van der Waals surface area (Å²) >= 11 is 6.37. The van der Waals surface area contributed by atoms with Crippen LogP contribution < -0.4 is 10.1 Å². The Kier molecular flexibility index (Phi) is 5.17. The summed E-state index contributed by atoms with van der Waals surface area (Å²) in [6, 6.07) is 11.8. The number of ether oxygens (including phenoxy) is 2. The number of rotatable bonds is 5. The van der Waals surface area contributed by atoms with Crippen LogP contribution in [0.15, 0.2) is 42.5 Å². The van der Waals surface area contributed by atoms with E-state index in [1.807, 2.05) is 6.07 Å². The van der Waals surface area contributed by atoms with Crippen molar-refractivity contribution in [2.24, 2.45) is 7.05 Å². The molecule has 30 heavy (non-hydrogen) atoms. The first-order valence-electron chi connectivity index (χ1n) is 9.42. The Morgan fingerprint density at radius 1 is 1.23 bits per heavy atom. The lowest BCUT2D eigenvalue weighted by Gasteiger charge is -2.29. The van der Waals surface area contributed by atoms with E-state index in [9.17, 15) is 9.59 Å². The summed E-state index contributed by atoms with van der Waals surface area (Å²) in [6.07, 6.45) is 0.587. The number of methoxy groups -OCH3 is 1. The molecule has 1 saturated heterocycles. The first-order chi connectivity index (χ1) is 14.3. The van der Waals surface area contributed by atoms with Crippen LogP contribution in [0.1, 0.15) is 32.8 Å². The summed E-state index contributed by atoms with van der Waals surface area (Å²) in [5.74, 6) is -0.651. The fraction of sp³-hybridized carbons (Fsp3) is 0.273. The summed E-state index contributed by atoms with van der Waals surface area (Å²) < 4.78 is 12.6. The van der Waals surface area contributed by atoms with Crippen LogP contribution in [0.25, 0.3) is 10.9 Å². The van der Waals surface area contributed by atoms with Crippen LogP contribution in [0, 0.1) is 0 Å². The highest BCUT2D eigenvalue weighted by atomic mass is 35.5. The zero-order chi connectivity index (χ0) is 21.5. The van der Waals surface area contributed by atoms with Crippen LogP contribution in [0.4, 0.5) is 0 Å². The summed E-state index contributed by atoms with van der Waals surface area (Å²) in [5, 5.41) is 13.5. The van der Waals surface area contributed by atoms with Gasteiger partial charge >= 0.3 is 5.97 Å². The van der Waals surface area contributed by atoms with Gasteiger partial charge in [-0.25, -0.2) is 4.79 Å². The third-order valence-corrected chi connectivity index (χ3v) is 5.92. The van der Waals surface area contributed by atoms with Gasteiger partial charge in [-0.2, -0.15) is 0 Å². The number of hydrogen-bond donors (Lipinski definition) is 2. The number of aromatic carboxylic acids is 1. The van der Waals surface area contributed by atoms with Crippen molar-refractivity contribution in [1.82, 2.24) is 9.88 Å². The zero-order valence-corrected chi connectivity index (χ0v) is 17.3. The van der Waals surface area contributed by atoms with E-state index in [1.54, 1.807) is 43.0 Å². The molecule has 0 aliphatic carbocycles. The average molecular weight is 429 g/mol. The lowest BCUT2D eigenvalue weighted by atomic mass is 9.88. The number of benzene rings is 2. The Balaban J connectivity index is 1.69. The predicted molar refractivity (Wildman–Crippen MR) is 112 cm³/mol. The average Bonchev–Trinajstić information content (AvgIpc) is 3.34. The maximum absolute atomic E-state index is 13.3. The van der Waals surface area contributed by atoms with Crippen LogP contribution >= 0.6 is 11.6 Å². The van der Waals surface area contributed by atoms with Crippen LogP contribution in [0.2, 0.25) is 5.02 Å². The van der Waals surface area contributed by atoms with Gasteiger partial charge in [-0.15, -0.1) is 0 Å². The second kappa shape index (κ2) is 7.66. The molecule has 0 spiro atoms. The topological polar surface area (TPSA) is 89.8 Å². The molecular formula is C22H21ClN2O5. The zero-order valence-electron chi connectivity index (χ0n) is 16.6. The number of hydrogen-bond acceptors (Lipinski definition) is 4. The number of carboxylic acid groups (broad SMARTS) is 1. The number of carbonyl (C=O) groups is 2. The van der Waals surface area contributed by atoms with Crippen molar-refractivity contribution in [2.45, 2.75) is 12.0 Å². The van der Waals surface area contributed by atoms with Gasteiger partial charge in [-0.05, 0) is 29.8 Å². The van der Waals surface area contributed by atoms with Crippen molar-refractivity contribution >= 4 is 34.4 Å². The molecule has 0 saturated carbocycles. The fourth-order valence-corrected chi connectivity index (χ4v) is 4.13. The molecule has 3 aromatic rings. The second-order valence-electron chi connectivity index (χ2n) is 7.35. The van der Waals surface area contributed by atoms with Crippen LogP contribution in [-0.4, -0.2) is 41.9 Å². The minimum atomic E-state index is -0.995. The number of aryl methyl sites for hydroxylation is 1. The maximum atomic E-state index is 13.3. The number of carboxylic acids is 1. The van der Waals surface area contributed by atoms with Gasteiger partial charge in [0.15, 0.2) is 0 Å². The van der Waals surface area contributed by atoms with Crippen LogP contribution in [-0.2, 0) is 17.3 Å². The number of aromatic nitrogens is 1. The molecule has 1 atom stereocenters. The first kappa shape index (κ1) is 20.3. The highest BCUT2D eigenvalue weighted by molar-refractivity contribution is 6.35. The van der Waals surface area contributed by atoms with E-state index in [0.29, 0.717) is 36.1 Å². The number of nitrogens with zero attached hydrogens (tertiary/aromatic N) is 1. The molecule has 2 aromatic carbocycles. The Labute approximate surface area is 178 Å². The fourth-order valence-electron chi connectivity index (χ4n) is 3.88. The molecule has 0 radical (unpaired) electrons. The highest BCUT2D eigenvalue weighted by Gasteiger charge is 2.39. The van der Waals surface area contributed by atoms with Crippen molar-refractivity contribution in [3.63, 3.8) is 0 Å². The van der Waals surface area contributed by atoms with E-state index in [4.69, 9.17) is 26.2 Å². The van der Waals surface area contributed by atoms with Gasteiger partial charge in [0.05, 0.1) is 35.4 Å². The van der Waals surface area contributed by atoms with Crippen molar-refractivity contribution in [2.75, 3.05) is 20.3 Å². The Hall–Kier alpha value is -3.03. The molecule has 2 N–H and O–H groups in total. The second-order valence-corrected chi connectivity index (χ2v) is 7.76. The molecule has 1 aliphatic rings. The molecule has 4 rings (SSSR count). The quantitative estimate of drug-likeness (QED) is 0.648. The van der Waals surface area contributed by atoms with Gasteiger partial charge in [0.1, 0.15) is 11.4 Å². The number of nitrogens with one attached hydrogen (secondary N) is 1. The first-order valence-corrected chi connectivity index (χ1v) is 9.79. The molecule has 8 heteroatoms. The van der Waals surface area contributed by atoms with E-state index in [-0.39, 0.29) is 11.5 Å². The van der Waals surface area contributed by atoms with Gasteiger partial charge in [0, 0.05) is 31.5 Å². The Morgan fingerprint density at radius 2 is 1.97 bits per heavy atom. The van der Waals surface area contributed by atoms with E-state index in [0.717, 1.165) is 16.5 Å². The van der Waals surface area contributed by atoms with Crippen molar-refractivity contribution in [3.05, 3.63) is 64.3 Å². The largest absolute Gasteiger partial charge is 0.497 e. The third-order valence-electron chi connectivity index (χ3n) is 5.61. The number of fused-ring (bicyclic) bond motifs is 1. The van der Waals surface area contributed by atoms with E-state index < -0.39 is 11.5 Å². The monoisotopic (exact) mass is 428 g/mol. The molecular weight excluding hydrogens is 408 g/mol. The van der Waals surface area contributed by atoms with Gasteiger partial charge < -0.3 is 24.5 Å². The van der Waals surface area contributed by atoms with Gasteiger partial charge in [-0.1, -0.05) is 23.7 Å². The number of carbonyl (C=O) groups excluding carboxylic acids is 1. The summed E-state index contributed by atoms with van der Waals surface area (Å²) in [5.41, 5.74) is 1.50. The molecule has 1 aliphatic heterocycles. The summed E-state index contributed by atoms with van der Waals surface area (Å²) in [7, 11) is 3.36. The number of amides is 1. The van der Waals surface area contributed by atoms with Gasteiger partial charge in [0.25, 0.3) is 5.91 Å². The molecule has 1 fully saturated rings. The van der Waals surface area contributed by atoms with Crippen molar-refractivity contribution in [1.29, 1.82) is 0 Å². The molecule has 1 aromatic heterocycles. The molecule has 156 valence electrons. The smallest absolute Gasteiger partial charge is 0.335 e. The molecule has 7 nitrogen and oxygen atoms in total. The SMILES string of the molecule is COc1cc(Cl)c2cc(C(=O)NC3(c4ccc(C(=O)O)cc4)CCOC3)n(C)c2c1. The van der Waals surface area contributed by atoms with Crippen molar-refractivity contribution in [3.8, 4) is 5.75 Å². The van der Waals surface area contributed by atoms with Gasteiger partial charge in [0.2, 0.25) is 0 Å². The molecule has 0 bridgehead atoms. The molecule has 1 amide bonds. The molecule has 2 heterocycles.